The molecule has 4 nitrogen and oxygen atoms in total. The second-order valence-corrected chi connectivity index (χ2v) is 7.52. The maximum Gasteiger partial charge on any atom is 0.138 e. The molecule has 28 heavy (non-hydrogen) atoms. The third kappa shape index (κ3) is 4.76. The predicted octanol–water partition coefficient (Wildman–Crippen LogP) is 5.64. The Morgan fingerprint density at radius 1 is 1.14 bits per heavy atom. The lowest BCUT2D eigenvalue weighted by Crippen LogP contribution is -2.22. The molecule has 0 amide bonds. The van der Waals surface area contributed by atoms with Gasteiger partial charge in [0.05, 0.1) is 29.4 Å². The average molecular weight is 419 g/mol. The van der Waals surface area contributed by atoms with Gasteiger partial charge in [0, 0.05) is 22.5 Å². The Kier molecular flexibility index (Phi) is 7.13. The molecule has 0 spiro atoms. The number of ether oxygens (including phenoxy) is 1. The van der Waals surface area contributed by atoms with Crippen LogP contribution in [-0.2, 0) is 0 Å². The van der Waals surface area contributed by atoms with Crippen LogP contribution < -0.4 is 10.1 Å². The minimum atomic E-state index is -0.681. The Labute approximate surface area is 175 Å². The summed E-state index contributed by atoms with van der Waals surface area (Å²) in [6, 6.07) is 13.0. The van der Waals surface area contributed by atoms with Gasteiger partial charge in [0.15, 0.2) is 0 Å². The van der Waals surface area contributed by atoms with Crippen LogP contribution in [0.3, 0.4) is 0 Å². The van der Waals surface area contributed by atoms with Gasteiger partial charge in [-0.1, -0.05) is 48.7 Å². The van der Waals surface area contributed by atoms with Crippen LogP contribution in [0.2, 0.25) is 10.0 Å². The van der Waals surface area contributed by atoms with Crippen LogP contribution >= 0.6 is 23.2 Å². The summed E-state index contributed by atoms with van der Waals surface area (Å²) in [6.07, 6.45) is 1.50. The van der Waals surface area contributed by atoms with Crippen molar-refractivity contribution in [2.75, 3.05) is 20.2 Å². The molecule has 1 unspecified atom stereocenters. The molecule has 6 heteroatoms. The van der Waals surface area contributed by atoms with Crippen molar-refractivity contribution in [3.63, 3.8) is 0 Å². The third-order valence-electron chi connectivity index (χ3n) is 4.66. The normalized spacial score (nSPS) is 12.3. The van der Waals surface area contributed by atoms with Crippen molar-refractivity contribution in [1.82, 2.24) is 10.3 Å². The van der Waals surface area contributed by atoms with Crippen LogP contribution in [0.1, 0.15) is 31.4 Å². The highest BCUT2D eigenvalue weighted by Crippen LogP contribution is 2.35. The van der Waals surface area contributed by atoms with Gasteiger partial charge < -0.3 is 15.2 Å². The van der Waals surface area contributed by atoms with E-state index >= 15 is 0 Å². The molecule has 0 aliphatic rings. The molecule has 2 N–H and O–H groups in total. The number of pyridine rings is 1. The molecule has 148 valence electrons. The van der Waals surface area contributed by atoms with Gasteiger partial charge in [-0.25, -0.2) is 4.98 Å². The van der Waals surface area contributed by atoms with E-state index in [0.717, 1.165) is 41.6 Å². The fraction of sp³-hybridized carbons (Fsp3) is 0.318. The van der Waals surface area contributed by atoms with E-state index in [1.54, 1.807) is 13.2 Å². The van der Waals surface area contributed by atoms with Gasteiger partial charge in [-0.3, -0.25) is 0 Å². The van der Waals surface area contributed by atoms with E-state index in [4.69, 9.17) is 32.9 Å². The lowest BCUT2D eigenvalue weighted by Gasteiger charge is -2.17. The number of nitrogens with zero attached hydrogens (tertiary/aromatic N) is 1. The van der Waals surface area contributed by atoms with Crippen LogP contribution in [0.4, 0.5) is 0 Å². The Morgan fingerprint density at radius 2 is 1.89 bits per heavy atom. The highest BCUT2D eigenvalue weighted by molar-refractivity contribution is 6.32. The van der Waals surface area contributed by atoms with Crippen LogP contribution in [0.25, 0.3) is 22.2 Å². The summed E-state index contributed by atoms with van der Waals surface area (Å²) < 4.78 is 5.36. The summed E-state index contributed by atoms with van der Waals surface area (Å²) in [5.74, 6) is 0.558. The summed E-state index contributed by atoms with van der Waals surface area (Å²) in [5.41, 5.74) is 3.17. The molecule has 2 aromatic carbocycles. The molecule has 0 fully saturated rings. The molecule has 3 rings (SSSR count). The maximum atomic E-state index is 10.9. The standard InChI is InChI=1S/C22H24Cl2N2O2/c1-3-4-9-25-13-21(27)17-10-19(14-5-7-15(23)8-6-14)26-20-12-18(24)22(28-2)11-16(17)20/h5-8,10-12,21,25,27H,3-4,9,13H2,1-2H3. The smallest absolute Gasteiger partial charge is 0.138 e. The summed E-state index contributed by atoms with van der Waals surface area (Å²) in [5, 5.41) is 16.2. The molecular formula is C22H24Cl2N2O2. The van der Waals surface area contributed by atoms with E-state index in [2.05, 4.69) is 12.2 Å². The molecule has 1 heterocycles. The Hall–Kier alpha value is -1.85. The highest BCUT2D eigenvalue weighted by atomic mass is 35.5. The van der Waals surface area contributed by atoms with Crippen molar-refractivity contribution in [3.8, 4) is 17.0 Å². The number of halogens is 2. The first kappa shape index (κ1) is 20.9. The Balaban J connectivity index is 2.07. The Bertz CT molecular complexity index is 945. The van der Waals surface area contributed by atoms with Crippen molar-refractivity contribution < 1.29 is 9.84 Å². The fourth-order valence-electron chi connectivity index (χ4n) is 3.10. The molecule has 3 aromatic rings. The van der Waals surface area contributed by atoms with Gasteiger partial charge in [-0.2, -0.15) is 0 Å². The molecule has 1 aromatic heterocycles. The van der Waals surface area contributed by atoms with Gasteiger partial charge in [0.25, 0.3) is 0 Å². The Morgan fingerprint density at radius 3 is 2.57 bits per heavy atom. The lowest BCUT2D eigenvalue weighted by molar-refractivity contribution is 0.176. The number of benzene rings is 2. The number of fused-ring (bicyclic) bond motifs is 1. The van der Waals surface area contributed by atoms with Crippen LogP contribution in [0.5, 0.6) is 5.75 Å². The quantitative estimate of drug-likeness (QED) is 0.464. The molecule has 0 saturated carbocycles. The van der Waals surface area contributed by atoms with Gasteiger partial charge in [-0.15, -0.1) is 0 Å². The van der Waals surface area contributed by atoms with Crippen molar-refractivity contribution in [2.24, 2.45) is 0 Å². The number of aromatic nitrogens is 1. The van der Waals surface area contributed by atoms with Crippen molar-refractivity contribution in [2.45, 2.75) is 25.9 Å². The molecular weight excluding hydrogens is 395 g/mol. The fourth-order valence-corrected chi connectivity index (χ4v) is 3.47. The van der Waals surface area contributed by atoms with Gasteiger partial charge in [0.2, 0.25) is 0 Å². The first-order valence-corrected chi connectivity index (χ1v) is 10.1. The number of hydrogen-bond donors (Lipinski definition) is 2. The number of aliphatic hydroxyl groups excluding tert-OH is 1. The van der Waals surface area contributed by atoms with E-state index in [1.165, 1.54) is 0 Å². The van der Waals surface area contributed by atoms with Crippen molar-refractivity contribution in [1.29, 1.82) is 0 Å². The van der Waals surface area contributed by atoms with E-state index in [1.807, 2.05) is 36.4 Å². The number of aliphatic hydroxyl groups is 1. The number of unbranched alkanes of at least 4 members (excludes halogenated alkanes) is 1. The summed E-state index contributed by atoms with van der Waals surface area (Å²) in [7, 11) is 1.57. The van der Waals surface area contributed by atoms with Crippen LogP contribution in [-0.4, -0.2) is 30.3 Å². The lowest BCUT2D eigenvalue weighted by atomic mass is 9.99. The number of hydrogen-bond acceptors (Lipinski definition) is 4. The highest BCUT2D eigenvalue weighted by Gasteiger charge is 2.17. The molecule has 1 atom stereocenters. The van der Waals surface area contributed by atoms with Crippen LogP contribution in [0.15, 0.2) is 42.5 Å². The second kappa shape index (κ2) is 9.57. The molecule has 0 radical (unpaired) electrons. The number of rotatable bonds is 8. The minimum absolute atomic E-state index is 0.462. The largest absolute Gasteiger partial charge is 0.495 e. The summed E-state index contributed by atoms with van der Waals surface area (Å²) >= 11 is 12.3. The van der Waals surface area contributed by atoms with E-state index < -0.39 is 6.10 Å². The summed E-state index contributed by atoms with van der Waals surface area (Å²) in [6.45, 7) is 3.47. The molecule has 0 saturated heterocycles. The monoisotopic (exact) mass is 418 g/mol. The van der Waals surface area contributed by atoms with Gasteiger partial charge in [0.1, 0.15) is 5.75 Å². The van der Waals surface area contributed by atoms with Crippen molar-refractivity contribution >= 4 is 34.1 Å². The number of methoxy groups -OCH3 is 1. The van der Waals surface area contributed by atoms with Gasteiger partial charge in [-0.05, 0) is 48.9 Å². The zero-order chi connectivity index (χ0) is 20.1. The third-order valence-corrected chi connectivity index (χ3v) is 5.21. The molecule has 0 aliphatic carbocycles. The maximum absolute atomic E-state index is 10.9. The van der Waals surface area contributed by atoms with E-state index in [0.29, 0.717) is 27.9 Å². The average Bonchev–Trinajstić information content (AvgIpc) is 2.70. The van der Waals surface area contributed by atoms with E-state index in [9.17, 15) is 5.11 Å². The zero-order valence-corrected chi connectivity index (χ0v) is 17.5. The SMILES string of the molecule is CCCCNCC(O)c1cc(-c2ccc(Cl)cc2)nc2cc(Cl)c(OC)cc12. The van der Waals surface area contributed by atoms with E-state index in [-0.39, 0.29) is 0 Å². The zero-order valence-electron chi connectivity index (χ0n) is 16.0. The second-order valence-electron chi connectivity index (χ2n) is 6.68. The predicted molar refractivity (Wildman–Crippen MR) is 116 cm³/mol. The van der Waals surface area contributed by atoms with Gasteiger partial charge >= 0.3 is 0 Å². The van der Waals surface area contributed by atoms with Crippen LogP contribution in [0, 0.1) is 0 Å². The topological polar surface area (TPSA) is 54.4 Å². The number of nitrogens with one attached hydrogen (secondary N) is 1. The first-order chi connectivity index (χ1) is 13.5. The van der Waals surface area contributed by atoms with Crippen molar-refractivity contribution in [3.05, 3.63) is 58.1 Å². The minimum Gasteiger partial charge on any atom is -0.495 e. The molecule has 0 aliphatic heterocycles. The first-order valence-electron chi connectivity index (χ1n) is 9.36. The molecule has 0 bridgehead atoms. The summed E-state index contributed by atoms with van der Waals surface area (Å²) in [4.78, 5) is 4.75.